The molecule has 0 bridgehead atoms. The highest BCUT2D eigenvalue weighted by atomic mass is 14.7. The Labute approximate surface area is 89.8 Å². The first kappa shape index (κ1) is 9.87. The van der Waals surface area contributed by atoms with Crippen molar-refractivity contribution < 1.29 is 5.73 Å². The summed E-state index contributed by atoms with van der Waals surface area (Å²) >= 11 is 0. The van der Waals surface area contributed by atoms with Crippen LogP contribution in [0, 0.1) is 6.92 Å². The molecule has 1 heterocycles. The Morgan fingerprint density at radius 1 is 1.07 bits per heavy atom. The molecule has 2 nitrogen and oxygen atoms in total. The molecule has 1 atom stereocenters. The van der Waals surface area contributed by atoms with E-state index in [0.717, 1.165) is 0 Å². The molecule has 0 aliphatic heterocycles. The number of pyridine rings is 1. The van der Waals surface area contributed by atoms with Gasteiger partial charge in [-0.1, -0.05) is 24.3 Å². The molecule has 0 radical (unpaired) electrons. The van der Waals surface area contributed by atoms with Crippen molar-refractivity contribution in [1.82, 2.24) is 4.98 Å². The van der Waals surface area contributed by atoms with Crippen LogP contribution < -0.4 is 5.73 Å². The monoisotopic (exact) mass is 199 g/mol. The lowest BCUT2D eigenvalue weighted by Crippen LogP contribution is -2.54. The Morgan fingerprint density at radius 3 is 2.40 bits per heavy atom. The van der Waals surface area contributed by atoms with Gasteiger partial charge in [0.2, 0.25) is 0 Å². The lowest BCUT2D eigenvalue weighted by atomic mass is 9.97. The van der Waals surface area contributed by atoms with Gasteiger partial charge < -0.3 is 5.73 Å². The second-order valence-corrected chi connectivity index (χ2v) is 3.69. The fourth-order valence-corrected chi connectivity index (χ4v) is 1.75. The van der Waals surface area contributed by atoms with Crippen molar-refractivity contribution in [1.29, 1.82) is 0 Å². The average Bonchev–Trinajstić information content (AvgIpc) is 2.30. The molecule has 0 saturated carbocycles. The molecule has 2 rings (SSSR count). The second kappa shape index (κ2) is 4.24. The van der Waals surface area contributed by atoms with E-state index in [1.807, 2.05) is 24.5 Å². The maximum atomic E-state index is 4.21. The van der Waals surface area contributed by atoms with Crippen LogP contribution in [0.5, 0.6) is 0 Å². The van der Waals surface area contributed by atoms with E-state index in [1.165, 1.54) is 16.7 Å². The Hall–Kier alpha value is -1.67. The van der Waals surface area contributed by atoms with E-state index in [1.54, 1.807) is 0 Å². The quantitative estimate of drug-likeness (QED) is 0.786. The van der Waals surface area contributed by atoms with Gasteiger partial charge in [-0.3, -0.25) is 4.98 Å². The molecule has 1 aromatic heterocycles. The number of rotatable bonds is 2. The van der Waals surface area contributed by atoms with Gasteiger partial charge in [0.05, 0.1) is 0 Å². The molecule has 0 saturated heterocycles. The van der Waals surface area contributed by atoms with E-state index in [2.05, 4.69) is 41.9 Å². The van der Waals surface area contributed by atoms with Gasteiger partial charge >= 0.3 is 0 Å². The maximum Gasteiger partial charge on any atom is 0.136 e. The number of quaternary nitrogens is 1. The molecule has 0 spiro atoms. The molecule has 0 unspecified atom stereocenters. The molecule has 1 aromatic carbocycles. The Bertz CT molecular complexity index is 437. The van der Waals surface area contributed by atoms with Crippen LogP contribution in [-0.2, 0) is 0 Å². The summed E-state index contributed by atoms with van der Waals surface area (Å²) < 4.78 is 0. The summed E-state index contributed by atoms with van der Waals surface area (Å²) in [6.07, 6.45) is 3.62. The Balaban J connectivity index is 2.37. The van der Waals surface area contributed by atoms with E-state index < -0.39 is 0 Å². The predicted octanol–water partition coefficient (Wildman–Crippen LogP) is 1.72. The smallest absolute Gasteiger partial charge is 0.136 e. The minimum atomic E-state index is 0.189. The second-order valence-electron chi connectivity index (χ2n) is 3.69. The highest BCUT2D eigenvalue weighted by Crippen LogP contribution is 2.19. The first-order valence-corrected chi connectivity index (χ1v) is 5.07. The minimum Gasteiger partial charge on any atom is -0.348 e. The largest absolute Gasteiger partial charge is 0.348 e. The normalized spacial score (nSPS) is 12.4. The highest BCUT2D eigenvalue weighted by Gasteiger charge is 2.13. The SMILES string of the molecule is Cc1ccccc1[C@H]([NH3+])c1ccncc1. The van der Waals surface area contributed by atoms with E-state index in [-0.39, 0.29) is 6.04 Å². The Morgan fingerprint density at radius 2 is 1.73 bits per heavy atom. The molecule has 15 heavy (non-hydrogen) atoms. The fourth-order valence-electron chi connectivity index (χ4n) is 1.75. The molecule has 76 valence electrons. The van der Waals surface area contributed by atoms with Gasteiger partial charge in [-0.15, -0.1) is 0 Å². The number of nitrogens with zero attached hydrogens (tertiary/aromatic N) is 1. The van der Waals surface area contributed by atoms with Crippen molar-refractivity contribution in [3.05, 3.63) is 65.5 Å². The zero-order valence-electron chi connectivity index (χ0n) is 8.85. The van der Waals surface area contributed by atoms with Crippen LogP contribution in [0.2, 0.25) is 0 Å². The molecule has 2 heteroatoms. The summed E-state index contributed by atoms with van der Waals surface area (Å²) in [5.41, 5.74) is 7.99. The van der Waals surface area contributed by atoms with Gasteiger partial charge in [-0.05, 0) is 24.6 Å². The zero-order valence-corrected chi connectivity index (χ0v) is 8.85. The fraction of sp³-hybridized carbons (Fsp3) is 0.154. The summed E-state index contributed by atoms with van der Waals surface area (Å²) in [6.45, 7) is 2.12. The third-order valence-electron chi connectivity index (χ3n) is 2.67. The van der Waals surface area contributed by atoms with E-state index >= 15 is 0 Å². The van der Waals surface area contributed by atoms with Crippen LogP contribution in [0.15, 0.2) is 48.8 Å². The predicted molar refractivity (Wildman–Crippen MR) is 60.1 cm³/mol. The minimum absolute atomic E-state index is 0.189. The number of hydrogen-bond acceptors (Lipinski definition) is 1. The first-order valence-electron chi connectivity index (χ1n) is 5.07. The van der Waals surface area contributed by atoms with Crippen molar-refractivity contribution in [3.8, 4) is 0 Å². The number of benzene rings is 1. The summed E-state index contributed by atoms with van der Waals surface area (Å²) in [5, 5.41) is 0. The van der Waals surface area contributed by atoms with Crippen LogP contribution >= 0.6 is 0 Å². The standard InChI is InChI=1S/C13H14N2/c1-10-4-2-3-5-12(10)13(14)11-6-8-15-9-7-11/h2-9,13H,14H2,1H3/p+1/t13-/m1/s1. The van der Waals surface area contributed by atoms with E-state index in [0.29, 0.717) is 0 Å². The van der Waals surface area contributed by atoms with Crippen molar-refractivity contribution in [3.63, 3.8) is 0 Å². The number of aryl methyl sites for hydroxylation is 1. The summed E-state index contributed by atoms with van der Waals surface area (Å²) in [6, 6.07) is 12.6. The Kier molecular flexibility index (Phi) is 2.79. The van der Waals surface area contributed by atoms with E-state index in [4.69, 9.17) is 0 Å². The van der Waals surface area contributed by atoms with Crippen LogP contribution in [0.1, 0.15) is 22.7 Å². The van der Waals surface area contributed by atoms with Gasteiger partial charge in [0.15, 0.2) is 0 Å². The van der Waals surface area contributed by atoms with Crippen molar-refractivity contribution in [2.45, 2.75) is 13.0 Å². The van der Waals surface area contributed by atoms with Gasteiger partial charge in [0.1, 0.15) is 6.04 Å². The van der Waals surface area contributed by atoms with Crippen molar-refractivity contribution >= 4 is 0 Å². The lowest BCUT2D eigenvalue weighted by molar-refractivity contribution is -0.411. The molecule has 0 amide bonds. The van der Waals surface area contributed by atoms with Gasteiger partial charge in [-0.2, -0.15) is 0 Å². The lowest BCUT2D eigenvalue weighted by Gasteiger charge is -2.11. The topological polar surface area (TPSA) is 40.5 Å². The molecular formula is C13H15N2+. The average molecular weight is 199 g/mol. The molecule has 0 aliphatic carbocycles. The molecule has 0 fully saturated rings. The molecule has 2 aromatic rings. The van der Waals surface area contributed by atoms with Crippen molar-refractivity contribution in [2.75, 3.05) is 0 Å². The van der Waals surface area contributed by atoms with Crippen LogP contribution in [-0.4, -0.2) is 4.98 Å². The third-order valence-corrected chi connectivity index (χ3v) is 2.67. The summed E-state index contributed by atoms with van der Waals surface area (Å²) in [7, 11) is 0. The van der Waals surface area contributed by atoms with E-state index in [9.17, 15) is 0 Å². The van der Waals surface area contributed by atoms with Crippen LogP contribution in [0.3, 0.4) is 0 Å². The highest BCUT2D eigenvalue weighted by molar-refractivity contribution is 5.33. The van der Waals surface area contributed by atoms with Gasteiger partial charge in [0.25, 0.3) is 0 Å². The first-order chi connectivity index (χ1) is 7.29. The van der Waals surface area contributed by atoms with Gasteiger partial charge in [-0.25, -0.2) is 0 Å². The number of aromatic nitrogens is 1. The van der Waals surface area contributed by atoms with Crippen molar-refractivity contribution in [2.24, 2.45) is 0 Å². The number of hydrogen-bond donors (Lipinski definition) is 1. The molecular weight excluding hydrogens is 184 g/mol. The summed E-state index contributed by atoms with van der Waals surface area (Å²) in [5.74, 6) is 0. The maximum absolute atomic E-state index is 4.21. The third kappa shape index (κ3) is 2.05. The summed E-state index contributed by atoms with van der Waals surface area (Å²) in [4.78, 5) is 4.02. The van der Waals surface area contributed by atoms with Gasteiger partial charge in [0, 0.05) is 23.5 Å². The molecule has 0 aliphatic rings. The zero-order chi connectivity index (χ0) is 10.7. The molecule has 3 N–H and O–H groups in total. The van der Waals surface area contributed by atoms with Crippen LogP contribution in [0.25, 0.3) is 0 Å². The van der Waals surface area contributed by atoms with Crippen LogP contribution in [0.4, 0.5) is 0 Å².